The number of nitrogens with zero attached hydrogens (tertiary/aromatic N) is 1. The van der Waals surface area contributed by atoms with E-state index < -0.39 is 23.4 Å². The number of aromatic carboxylic acids is 1. The number of rotatable bonds is 2. The minimum absolute atomic E-state index is 0.00796. The number of carboxylic acid groups (broad SMARTS) is 1. The van der Waals surface area contributed by atoms with Gasteiger partial charge in [0.1, 0.15) is 6.26 Å². The molecule has 4 nitrogen and oxygen atoms in total. The van der Waals surface area contributed by atoms with E-state index in [2.05, 4.69) is 9.68 Å². The highest BCUT2D eigenvalue weighted by atomic mass is 19.4. The molecule has 0 saturated carbocycles. The third-order valence-electron chi connectivity index (χ3n) is 2.27. The molecule has 1 heterocycles. The summed E-state index contributed by atoms with van der Waals surface area (Å²) in [5, 5.41) is 12.0. The molecule has 0 saturated heterocycles. The molecule has 0 radical (unpaired) electrons. The van der Waals surface area contributed by atoms with Crippen molar-refractivity contribution in [2.45, 2.75) is 6.18 Å². The van der Waals surface area contributed by atoms with Crippen LogP contribution in [0.5, 0.6) is 0 Å². The van der Waals surface area contributed by atoms with Gasteiger partial charge in [0.2, 0.25) is 0 Å². The predicted molar refractivity (Wildman–Crippen MR) is 53.9 cm³/mol. The second-order valence-corrected chi connectivity index (χ2v) is 3.46. The van der Waals surface area contributed by atoms with Crippen molar-refractivity contribution >= 4 is 5.97 Å². The van der Waals surface area contributed by atoms with Crippen LogP contribution in [0.2, 0.25) is 0 Å². The molecular formula is C11H6F3NO3. The first-order valence-corrected chi connectivity index (χ1v) is 4.75. The highest BCUT2D eigenvalue weighted by Gasteiger charge is 2.31. The molecule has 0 bridgehead atoms. The van der Waals surface area contributed by atoms with Gasteiger partial charge in [-0.3, -0.25) is 0 Å². The lowest BCUT2D eigenvalue weighted by Gasteiger charge is -2.07. The minimum Gasteiger partial charge on any atom is -0.476 e. The highest BCUT2D eigenvalue weighted by molar-refractivity contribution is 5.93. The van der Waals surface area contributed by atoms with Crippen LogP contribution in [-0.4, -0.2) is 16.2 Å². The molecule has 0 fully saturated rings. The first-order chi connectivity index (χ1) is 8.39. The fourth-order valence-corrected chi connectivity index (χ4v) is 1.46. The fourth-order valence-electron chi connectivity index (χ4n) is 1.46. The van der Waals surface area contributed by atoms with Gasteiger partial charge in [0.15, 0.2) is 5.69 Å². The lowest BCUT2D eigenvalue weighted by Crippen LogP contribution is -2.05. The zero-order chi connectivity index (χ0) is 13.3. The SMILES string of the molecule is O=C(O)c1nocc1-c1cccc(C(F)(F)F)c1. The van der Waals surface area contributed by atoms with Crippen molar-refractivity contribution in [3.8, 4) is 11.1 Å². The van der Waals surface area contributed by atoms with E-state index in [-0.39, 0.29) is 11.1 Å². The van der Waals surface area contributed by atoms with Gasteiger partial charge in [-0.1, -0.05) is 17.3 Å². The normalized spacial score (nSPS) is 11.5. The second kappa shape index (κ2) is 4.17. The van der Waals surface area contributed by atoms with Crippen molar-refractivity contribution < 1.29 is 27.6 Å². The Hall–Kier alpha value is -2.31. The summed E-state index contributed by atoms with van der Waals surface area (Å²) < 4.78 is 42.0. The number of halogens is 3. The maximum Gasteiger partial charge on any atom is 0.416 e. The fraction of sp³-hybridized carbons (Fsp3) is 0.0909. The summed E-state index contributed by atoms with van der Waals surface area (Å²) in [6.45, 7) is 0. The lowest BCUT2D eigenvalue weighted by molar-refractivity contribution is -0.137. The van der Waals surface area contributed by atoms with E-state index in [4.69, 9.17) is 5.11 Å². The Morgan fingerprint density at radius 1 is 1.33 bits per heavy atom. The Morgan fingerprint density at radius 2 is 2.06 bits per heavy atom. The van der Waals surface area contributed by atoms with Gasteiger partial charge in [-0.25, -0.2) is 4.79 Å². The van der Waals surface area contributed by atoms with Crippen LogP contribution in [0.15, 0.2) is 35.1 Å². The molecule has 94 valence electrons. The average Bonchev–Trinajstić information content (AvgIpc) is 2.77. The van der Waals surface area contributed by atoms with Crippen LogP contribution in [0.25, 0.3) is 11.1 Å². The summed E-state index contributed by atoms with van der Waals surface area (Å²) >= 11 is 0. The highest BCUT2D eigenvalue weighted by Crippen LogP contribution is 2.32. The smallest absolute Gasteiger partial charge is 0.416 e. The summed E-state index contributed by atoms with van der Waals surface area (Å²) in [5.74, 6) is -1.36. The topological polar surface area (TPSA) is 63.3 Å². The number of alkyl halides is 3. The average molecular weight is 257 g/mol. The van der Waals surface area contributed by atoms with Crippen LogP contribution < -0.4 is 0 Å². The van der Waals surface area contributed by atoms with Gasteiger partial charge in [0, 0.05) is 0 Å². The third-order valence-corrected chi connectivity index (χ3v) is 2.27. The third kappa shape index (κ3) is 2.20. The molecule has 0 unspecified atom stereocenters. The first kappa shape index (κ1) is 12.2. The number of hydrogen-bond donors (Lipinski definition) is 1. The molecular weight excluding hydrogens is 251 g/mol. The van der Waals surface area contributed by atoms with Crippen LogP contribution in [0.1, 0.15) is 16.1 Å². The number of carbonyl (C=O) groups is 1. The molecule has 1 aromatic carbocycles. The van der Waals surface area contributed by atoms with Gasteiger partial charge in [-0.2, -0.15) is 13.2 Å². The van der Waals surface area contributed by atoms with Gasteiger partial charge in [0.25, 0.3) is 0 Å². The zero-order valence-electron chi connectivity index (χ0n) is 8.73. The second-order valence-electron chi connectivity index (χ2n) is 3.46. The van der Waals surface area contributed by atoms with E-state index in [0.29, 0.717) is 0 Å². The van der Waals surface area contributed by atoms with Crippen molar-refractivity contribution in [3.05, 3.63) is 41.8 Å². The van der Waals surface area contributed by atoms with E-state index in [1.807, 2.05) is 0 Å². The van der Waals surface area contributed by atoms with Crippen molar-refractivity contribution in [1.82, 2.24) is 5.16 Å². The largest absolute Gasteiger partial charge is 0.476 e. The number of carboxylic acids is 1. The van der Waals surface area contributed by atoms with E-state index in [1.54, 1.807) is 0 Å². The Kier molecular flexibility index (Phi) is 2.82. The maximum atomic E-state index is 12.5. The zero-order valence-corrected chi connectivity index (χ0v) is 8.73. The quantitative estimate of drug-likeness (QED) is 0.897. The maximum absolute atomic E-state index is 12.5. The van der Waals surface area contributed by atoms with Crippen molar-refractivity contribution in [2.75, 3.05) is 0 Å². The molecule has 7 heteroatoms. The molecule has 2 aromatic rings. The summed E-state index contributed by atoms with van der Waals surface area (Å²) in [4.78, 5) is 10.8. The van der Waals surface area contributed by atoms with Gasteiger partial charge in [-0.15, -0.1) is 0 Å². The van der Waals surface area contributed by atoms with E-state index in [1.165, 1.54) is 12.1 Å². The Labute approximate surface area is 98.6 Å². The van der Waals surface area contributed by atoms with Crippen molar-refractivity contribution in [3.63, 3.8) is 0 Å². The number of hydrogen-bond acceptors (Lipinski definition) is 3. The van der Waals surface area contributed by atoms with E-state index >= 15 is 0 Å². The lowest BCUT2D eigenvalue weighted by atomic mass is 10.0. The summed E-state index contributed by atoms with van der Waals surface area (Å²) in [7, 11) is 0. The van der Waals surface area contributed by atoms with Crippen LogP contribution in [-0.2, 0) is 6.18 Å². The Balaban J connectivity index is 2.52. The van der Waals surface area contributed by atoms with Gasteiger partial charge < -0.3 is 9.63 Å². The molecule has 0 amide bonds. The molecule has 1 aromatic heterocycles. The van der Waals surface area contributed by atoms with Crippen molar-refractivity contribution in [1.29, 1.82) is 0 Å². The van der Waals surface area contributed by atoms with E-state index in [0.717, 1.165) is 18.4 Å². The molecule has 18 heavy (non-hydrogen) atoms. The monoisotopic (exact) mass is 257 g/mol. The first-order valence-electron chi connectivity index (χ1n) is 4.75. The Bertz CT molecular complexity index is 589. The summed E-state index contributed by atoms with van der Waals surface area (Å²) in [6.07, 6.45) is -3.49. The minimum atomic E-state index is -4.49. The molecule has 0 atom stereocenters. The molecule has 0 aliphatic rings. The van der Waals surface area contributed by atoms with Gasteiger partial charge in [-0.05, 0) is 17.7 Å². The summed E-state index contributed by atoms with van der Waals surface area (Å²) in [6, 6.07) is 4.29. The standard InChI is InChI=1S/C11H6F3NO3/c12-11(13,14)7-3-1-2-6(4-7)8-5-18-15-9(8)10(16)17/h1-5H,(H,16,17). The van der Waals surface area contributed by atoms with Crippen LogP contribution in [0, 0.1) is 0 Å². The molecule has 2 rings (SSSR count). The van der Waals surface area contributed by atoms with Gasteiger partial charge in [0.05, 0.1) is 11.1 Å². The Morgan fingerprint density at radius 3 is 2.67 bits per heavy atom. The molecule has 0 aliphatic carbocycles. The molecule has 1 N–H and O–H groups in total. The predicted octanol–water partition coefficient (Wildman–Crippen LogP) is 3.06. The molecule has 0 aliphatic heterocycles. The van der Waals surface area contributed by atoms with Crippen LogP contribution in [0.4, 0.5) is 13.2 Å². The van der Waals surface area contributed by atoms with Crippen LogP contribution in [0.3, 0.4) is 0 Å². The van der Waals surface area contributed by atoms with Crippen LogP contribution >= 0.6 is 0 Å². The number of aromatic nitrogens is 1. The number of benzene rings is 1. The summed E-state index contributed by atoms with van der Waals surface area (Å²) in [5.41, 5.74) is -1.19. The molecule has 0 spiro atoms. The van der Waals surface area contributed by atoms with Gasteiger partial charge >= 0.3 is 12.1 Å². The van der Waals surface area contributed by atoms with E-state index in [9.17, 15) is 18.0 Å². The van der Waals surface area contributed by atoms with Crippen molar-refractivity contribution in [2.24, 2.45) is 0 Å².